The molecule has 3 amide bonds. The van der Waals surface area contributed by atoms with E-state index in [-0.39, 0.29) is 23.0 Å². The van der Waals surface area contributed by atoms with Crippen LogP contribution in [-0.2, 0) is 14.3 Å². The predicted molar refractivity (Wildman–Crippen MR) is 72.8 cm³/mol. The third-order valence-corrected chi connectivity index (χ3v) is 4.22. The summed E-state index contributed by atoms with van der Waals surface area (Å²) in [5.74, 6) is 0.444. The van der Waals surface area contributed by atoms with Crippen LogP contribution in [0, 0.1) is 5.41 Å². The molecule has 1 aliphatic carbocycles. The number of nitrogens with one attached hydrogen (secondary N) is 2. The number of hydrogen-bond acceptors (Lipinski definition) is 5. The van der Waals surface area contributed by atoms with Crippen LogP contribution in [0.3, 0.4) is 0 Å². The van der Waals surface area contributed by atoms with Gasteiger partial charge in [-0.25, -0.2) is 4.79 Å². The molecule has 1 aliphatic rings. The van der Waals surface area contributed by atoms with Crippen LogP contribution in [0.1, 0.15) is 26.2 Å². The minimum absolute atomic E-state index is 0.00369. The molecule has 108 valence electrons. The Balaban J connectivity index is 2.18. The lowest BCUT2D eigenvalue weighted by atomic mass is 10.1. The van der Waals surface area contributed by atoms with E-state index in [9.17, 15) is 14.4 Å². The summed E-state index contributed by atoms with van der Waals surface area (Å²) in [5, 5.41) is 4.73. The van der Waals surface area contributed by atoms with Gasteiger partial charge in [0.2, 0.25) is 5.91 Å². The van der Waals surface area contributed by atoms with Crippen molar-refractivity contribution in [3.8, 4) is 0 Å². The molecule has 0 bridgehead atoms. The highest BCUT2D eigenvalue weighted by Crippen LogP contribution is 2.51. The van der Waals surface area contributed by atoms with Crippen molar-refractivity contribution in [2.45, 2.75) is 26.2 Å². The van der Waals surface area contributed by atoms with Gasteiger partial charge in [0.25, 0.3) is 0 Å². The molecular formula is C12H20N2O4S. The Hall–Kier alpha value is -1.24. The van der Waals surface area contributed by atoms with E-state index in [1.54, 1.807) is 6.92 Å². The first-order valence-electron chi connectivity index (χ1n) is 6.23. The van der Waals surface area contributed by atoms with Crippen LogP contribution >= 0.6 is 11.8 Å². The molecule has 1 fully saturated rings. The van der Waals surface area contributed by atoms with Crippen LogP contribution in [0.5, 0.6) is 0 Å². The lowest BCUT2D eigenvalue weighted by molar-refractivity contribution is -0.141. The summed E-state index contributed by atoms with van der Waals surface area (Å²) in [6.45, 7) is 2.26. The average Bonchev–Trinajstić information content (AvgIpc) is 3.09. The van der Waals surface area contributed by atoms with E-state index < -0.39 is 6.03 Å². The average molecular weight is 288 g/mol. The van der Waals surface area contributed by atoms with Crippen molar-refractivity contribution in [3.05, 3.63) is 0 Å². The van der Waals surface area contributed by atoms with Crippen molar-refractivity contribution in [3.63, 3.8) is 0 Å². The van der Waals surface area contributed by atoms with Crippen molar-refractivity contribution >= 4 is 29.7 Å². The van der Waals surface area contributed by atoms with Gasteiger partial charge in [0.1, 0.15) is 0 Å². The van der Waals surface area contributed by atoms with Gasteiger partial charge in [-0.3, -0.25) is 14.9 Å². The van der Waals surface area contributed by atoms with Gasteiger partial charge in [0.15, 0.2) is 0 Å². The first-order chi connectivity index (χ1) is 9.01. The summed E-state index contributed by atoms with van der Waals surface area (Å²) in [4.78, 5) is 33.7. The van der Waals surface area contributed by atoms with Crippen molar-refractivity contribution in [2.75, 3.05) is 25.2 Å². The van der Waals surface area contributed by atoms with Gasteiger partial charge in [0.05, 0.1) is 19.3 Å². The molecule has 0 radical (unpaired) electrons. The molecular weight excluding hydrogens is 268 g/mol. The third kappa shape index (κ3) is 5.96. The number of thioether (sulfide) groups is 1. The summed E-state index contributed by atoms with van der Waals surface area (Å²) in [5.41, 5.74) is 0.00369. The zero-order chi connectivity index (χ0) is 14.3. The van der Waals surface area contributed by atoms with Crippen LogP contribution in [0.2, 0.25) is 0 Å². The van der Waals surface area contributed by atoms with E-state index in [0.717, 1.165) is 18.6 Å². The predicted octanol–water partition coefficient (Wildman–Crippen LogP) is 0.909. The number of imide groups is 1. The number of urea groups is 1. The smallest absolute Gasteiger partial charge is 0.321 e. The first kappa shape index (κ1) is 15.8. The van der Waals surface area contributed by atoms with Gasteiger partial charge in [-0.15, -0.1) is 0 Å². The van der Waals surface area contributed by atoms with Crippen molar-refractivity contribution in [1.29, 1.82) is 0 Å². The first-order valence-corrected chi connectivity index (χ1v) is 7.39. The Morgan fingerprint density at radius 3 is 2.53 bits per heavy atom. The van der Waals surface area contributed by atoms with E-state index in [4.69, 9.17) is 0 Å². The van der Waals surface area contributed by atoms with Crippen molar-refractivity contribution < 1.29 is 19.1 Å². The summed E-state index contributed by atoms with van der Waals surface area (Å²) in [6.07, 6.45) is 2.40. The maximum Gasteiger partial charge on any atom is 0.321 e. The minimum Gasteiger partial charge on any atom is -0.469 e. The van der Waals surface area contributed by atoms with Crippen LogP contribution in [0.15, 0.2) is 0 Å². The Kier molecular flexibility index (Phi) is 6.14. The second-order valence-corrected chi connectivity index (χ2v) is 5.64. The molecule has 6 nitrogen and oxygen atoms in total. The molecule has 0 heterocycles. The Morgan fingerprint density at radius 2 is 2.00 bits per heavy atom. The number of carbonyl (C=O) groups is 3. The fourth-order valence-corrected chi connectivity index (χ4v) is 2.84. The van der Waals surface area contributed by atoms with Gasteiger partial charge in [-0.05, 0) is 30.9 Å². The number of carbonyl (C=O) groups excluding carboxylic acids is 3. The zero-order valence-corrected chi connectivity index (χ0v) is 12.1. The molecule has 0 unspecified atom stereocenters. The topological polar surface area (TPSA) is 84.5 Å². The molecule has 0 aromatic carbocycles. The van der Waals surface area contributed by atoms with Gasteiger partial charge < -0.3 is 10.1 Å². The largest absolute Gasteiger partial charge is 0.469 e. The van der Waals surface area contributed by atoms with Crippen molar-refractivity contribution in [2.24, 2.45) is 5.41 Å². The second-order valence-electron chi connectivity index (χ2n) is 4.65. The maximum atomic E-state index is 11.4. The van der Waals surface area contributed by atoms with E-state index in [1.165, 1.54) is 18.9 Å². The number of hydrogen-bond donors (Lipinski definition) is 2. The summed E-state index contributed by atoms with van der Waals surface area (Å²) in [7, 11) is 1.38. The zero-order valence-electron chi connectivity index (χ0n) is 11.3. The maximum absolute atomic E-state index is 11.4. The number of rotatable bonds is 7. The summed E-state index contributed by atoms with van der Waals surface area (Å²) < 4.78 is 4.65. The molecule has 0 aliphatic heterocycles. The van der Waals surface area contributed by atoms with Crippen LogP contribution in [-0.4, -0.2) is 43.1 Å². The molecule has 1 rings (SSSR count). The normalized spacial score (nSPS) is 15.5. The lowest BCUT2D eigenvalue weighted by Gasteiger charge is -2.12. The highest BCUT2D eigenvalue weighted by molar-refractivity contribution is 8.00. The van der Waals surface area contributed by atoms with Crippen LogP contribution < -0.4 is 10.6 Å². The van der Waals surface area contributed by atoms with Gasteiger partial charge >= 0.3 is 12.0 Å². The summed E-state index contributed by atoms with van der Waals surface area (Å²) in [6, 6.07) is -0.469. The fourth-order valence-electron chi connectivity index (χ4n) is 1.65. The van der Waals surface area contributed by atoms with E-state index in [2.05, 4.69) is 15.4 Å². The highest BCUT2D eigenvalue weighted by atomic mass is 32.2. The molecule has 0 saturated heterocycles. The second kappa shape index (κ2) is 7.37. The van der Waals surface area contributed by atoms with E-state index >= 15 is 0 Å². The minimum atomic E-state index is -0.469. The molecule has 7 heteroatoms. The number of methoxy groups -OCH3 is 1. The molecule has 19 heavy (non-hydrogen) atoms. The highest BCUT2D eigenvalue weighted by Gasteiger charge is 2.44. The molecule has 0 aromatic heterocycles. The van der Waals surface area contributed by atoms with Crippen molar-refractivity contribution in [1.82, 2.24) is 10.6 Å². The summed E-state index contributed by atoms with van der Waals surface area (Å²) >= 11 is 1.44. The number of ether oxygens (including phenoxy) is 1. The molecule has 0 atom stereocenters. The third-order valence-electron chi connectivity index (χ3n) is 2.94. The quantitative estimate of drug-likeness (QED) is 0.680. The lowest BCUT2D eigenvalue weighted by Crippen LogP contribution is -2.40. The van der Waals surface area contributed by atoms with Gasteiger partial charge in [0, 0.05) is 6.54 Å². The SMILES string of the molecule is CCNC(=O)NC(=O)CSCC1(CC(=O)OC)CC1. The fraction of sp³-hybridized carbons (Fsp3) is 0.750. The van der Waals surface area contributed by atoms with Crippen LogP contribution in [0.25, 0.3) is 0 Å². The number of amides is 3. The molecule has 1 saturated carbocycles. The molecule has 0 spiro atoms. The Bertz CT molecular complexity index is 356. The van der Waals surface area contributed by atoms with Gasteiger partial charge in [-0.2, -0.15) is 11.8 Å². The van der Waals surface area contributed by atoms with Gasteiger partial charge in [-0.1, -0.05) is 0 Å². The Labute approximate surface area is 117 Å². The number of esters is 1. The molecule has 2 N–H and O–H groups in total. The monoisotopic (exact) mass is 288 g/mol. The van der Waals surface area contributed by atoms with E-state index in [0.29, 0.717) is 13.0 Å². The Morgan fingerprint density at radius 1 is 1.32 bits per heavy atom. The standard InChI is InChI=1S/C12H20N2O4S/c1-3-13-11(17)14-9(15)7-19-8-12(4-5-12)6-10(16)18-2/h3-8H2,1-2H3,(H2,13,14,15,17). The van der Waals surface area contributed by atoms with E-state index in [1.807, 2.05) is 0 Å². The molecule has 0 aromatic rings. The van der Waals surface area contributed by atoms with Crippen LogP contribution in [0.4, 0.5) is 4.79 Å².